The van der Waals surface area contributed by atoms with Gasteiger partial charge in [0.1, 0.15) is 5.82 Å². The van der Waals surface area contributed by atoms with Crippen molar-refractivity contribution in [2.24, 2.45) is 0 Å². The average Bonchev–Trinajstić information content (AvgIpc) is 2.29. The molecule has 1 aromatic rings. The van der Waals surface area contributed by atoms with E-state index in [-0.39, 0.29) is 5.91 Å². The maximum atomic E-state index is 11.7. The number of rotatable bonds is 6. The van der Waals surface area contributed by atoms with E-state index < -0.39 is 10.8 Å². The molecule has 17 heavy (non-hydrogen) atoms. The van der Waals surface area contributed by atoms with Crippen molar-refractivity contribution in [2.45, 2.75) is 6.92 Å². The van der Waals surface area contributed by atoms with Crippen molar-refractivity contribution in [1.29, 1.82) is 0 Å². The molecule has 0 spiro atoms. The first-order valence-corrected chi connectivity index (χ1v) is 7.14. The summed E-state index contributed by atoms with van der Waals surface area (Å²) in [5.74, 6) is 0.980. The Morgan fingerprint density at radius 2 is 2.29 bits per heavy atom. The van der Waals surface area contributed by atoms with Gasteiger partial charge in [0.15, 0.2) is 0 Å². The molecule has 0 fully saturated rings. The Kier molecular flexibility index (Phi) is 5.62. The van der Waals surface area contributed by atoms with Gasteiger partial charge in [0.2, 0.25) is 0 Å². The second-order valence-electron chi connectivity index (χ2n) is 3.49. The molecule has 1 rings (SSSR count). The standard InChI is InChI=1S/C11H17N3O2S/c1-3-12-10-8-9(4-5-13-10)11(15)14-6-7-17(2)16/h4-5,8H,3,6-7H2,1-2H3,(H,12,13)(H,14,15). The quantitative estimate of drug-likeness (QED) is 0.782. The topological polar surface area (TPSA) is 71.1 Å². The summed E-state index contributed by atoms with van der Waals surface area (Å²) in [6.07, 6.45) is 3.20. The highest BCUT2D eigenvalue weighted by atomic mass is 32.2. The van der Waals surface area contributed by atoms with Crippen molar-refractivity contribution in [3.8, 4) is 0 Å². The minimum absolute atomic E-state index is 0.169. The second kappa shape index (κ2) is 7.01. The number of aromatic nitrogens is 1. The molecule has 1 unspecified atom stereocenters. The predicted molar refractivity (Wildman–Crippen MR) is 69.7 cm³/mol. The minimum atomic E-state index is -0.885. The maximum absolute atomic E-state index is 11.7. The van der Waals surface area contributed by atoms with Crippen LogP contribution in [0.4, 0.5) is 5.82 Å². The summed E-state index contributed by atoms with van der Waals surface area (Å²) in [7, 11) is -0.885. The zero-order valence-electron chi connectivity index (χ0n) is 10.0. The van der Waals surface area contributed by atoms with E-state index >= 15 is 0 Å². The lowest BCUT2D eigenvalue weighted by Gasteiger charge is -2.06. The first kappa shape index (κ1) is 13.6. The van der Waals surface area contributed by atoms with E-state index in [2.05, 4.69) is 15.6 Å². The third kappa shape index (κ3) is 4.95. The zero-order chi connectivity index (χ0) is 12.7. The van der Waals surface area contributed by atoms with Crippen molar-refractivity contribution in [3.05, 3.63) is 23.9 Å². The second-order valence-corrected chi connectivity index (χ2v) is 5.05. The van der Waals surface area contributed by atoms with Crippen LogP contribution in [-0.4, -0.2) is 40.2 Å². The predicted octanol–water partition coefficient (Wildman–Crippen LogP) is 0.622. The molecule has 1 aromatic heterocycles. The molecule has 5 nitrogen and oxygen atoms in total. The number of nitrogens with one attached hydrogen (secondary N) is 2. The third-order valence-corrected chi connectivity index (χ3v) is 2.83. The van der Waals surface area contributed by atoms with Crippen LogP contribution in [0.25, 0.3) is 0 Å². The van der Waals surface area contributed by atoms with E-state index in [9.17, 15) is 9.00 Å². The van der Waals surface area contributed by atoms with E-state index in [4.69, 9.17) is 0 Å². The van der Waals surface area contributed by atoms with E-state index in [0.717, 1.165) is 6.54 Å². The molecule has 0 aliphatic carbocycles. The molecule has 0 aliphatic rings. The van der Waals surface area contributed by atoms with Gasteiger partial charge in [-0.15, -0.1) is 0 Å². The first-order valence-electron chi connectivity index (χ1n) is 5.41. The summed E-state index contributed by atoms with van der Waals surface area (Å²) in [5, 5.41) is 5.75. The van der Waals surface area contributed by atoms with Gasteiger partial charge in [-0.25, -0.2) is 4.98 Å². The Bertz CT molecular complexity index is 409. The molecule has 0 saturated heterocycles. The summed E-state index contributed by atoms with van der Waals surface area (Å²) in [6, 6.07) is 3.35. The van der Waals surface area contributed by atoms with Gasteiger partial charge in [-0.3, -0.25) is 9.00 Å². The van der Waals surface area contributed by atoms with Crippen LogP contribution in [0.5, 0.6) is 0 Å². The van der Waals surface area contributed by atoms with Crippen molar-refractivity contribution < 1.29 is 9.00 Å². The molecular formula is C11H17N3O2S. The fourth-order valence-electron chi connectivity index (χ4n) is 1.26. The molecule has 0 aromatic carbocycles. The van der Waals surface area contributed by atoms with Gasteiger partial charge in [-0.1, -0.05) is 0 Å². The number of carbonyl (C=O) groups is 1. The van der Waals surface area contributed by atoms with Crippen molar-refractivity contribution in [1.82, 2.24) is 10.3 Å². The summed E-state index contributed by atoms with van der Waals surface area (Å²) in [5.41, 5.74) is 0.554. The average molecular weight is 255 g/mol. The summed E-state index contributed by atoms with van der Waals surface area (Å²) < 4.78 is 10.8. The zero-order valence-corrected chi connectivity index (χ0v) is 10.8. The fourth-order valence-corrected chi connectivity index (χ4v) is 1.65. The highest BCUT2D eigenvalue weighted by molar-refractivity contribution is 7.84. The number of pyridine rings is 1. The number of hydrogen-bond acceptors (Lipinski definition) is 4. The van der Waals surface area contributed by atoms with Gasteiger partial charge in [0.25, 0.3) is 5.91 Å². The Morgan fingerprint density at radius 3 is 2.94 bits per heavy atom. The number of hydrogen-bond donors (Lipinski definition) is 2. The van der Waals surface area contributed by atoms with Crippen molar-refractivity contribution >= 4 is 22.5 Å². The van der Waals surface area contributed by atoms with Crippen LogP contribution in [0.3, 0.4) is 0 Å². The van der Waals surface area contributed by atoms with Crippen LogP contribution < -0.4 is 10.6 Å². The van der Waals surface area contributed by atoms with Gasteiger partial charge in [-0.05, 0) is 19.1 Å². The first-order chi connectivity index (χ1) is 8.13. The molecule has 0 aliphatic heterocycles. The molecule has 1 amide bonds. The van der Waals surface area contributed by atoms with Gasteiger partial charge in [-0.2, -0.15) is 0 Å². The Balaban J connectivity index is 2.56. The monoisotopic (exact) mass is 255 g/mol. The lowest BCUT2D eigenvalue weighted by atomic mass is 10.2. The van der Waals surface area contributed by atoms with Crippen LogP contribution in [0.15, 0.2) is 18.3 Å². The molecule has 1 heterocycles. The number of anilines is 1. The molecule has 6 heteroatoms. The SMILES string of the molecule is CCNc1cc(C(=O)NCCS(C)=O)ccn1. The summed E-state index contributed by atoms with van der Waals surface area (Å²) in [6.45, 7) is 3.14. The van der Waals surface area contributed by atoms with Crippen LogP contribution in [0.1, 0.15) is 17.3 Å². The molecule has 2 N–H and O–H groups in total. The van der Waals surface area contributed by atoms with Crippen LogP contribution in [0.2, 0.25) is 0 Å². The van der Waals surface area contributed by atoms with Crippen LogP contribution >= 0.6 is 0 Å². The van der Waals surface area contributed by atoms with Gasteiger partial charge < -0.3 is 10.6 Å². The Labute approximate surface area is 103 Å². The van der Waals surface area contributed by atoms with E-state index in [1.54, 1.807) is 24.6 Å². The largest absolute Gasteiger partial charge is 0.370 e. The lowest BCUT2D eigenvalue weighted by molar-refractivity contribution is 0.0956. The Morgan fingerprint density at radius 1 is 1.53 bits per heavy atom. The fraction of sp³-hybridized carbons (Fsp3) is 0.455. The molecule has 0 bridgehead atoms. The molecule has 94 valence electrons. The van der Waals surface area contributed by atoms with E-state index in [1.807, 2.05) is 6.92 Å². The molecule has 0 saturated carbocycles. The van der Waals surface area contributed by atoms with Crippen molar-refractivity contribution in [2.75, 3.05) is 30.4 Å². The lowest BCUT2D eigenvalue weighted by Crippen LogP contribution is -2.27. The van der Waals surface area contributed by atoms with Gasteiger partial charge in [0, 0.05) is 47.7 Å². The number of nitrogens with zero attached hydrogens (tertiary/aromatic N) is 1. The molecule has 0 radical (unpaired) electrons. The Hall–Kier alpha value is -1.43. The summed E-state index contributed by atoms with van der Waals surface area (Å²) >= 11 is 0. The number of carbonyl (C=O) groups excluding carboxylic acids is 1. The van der Waals surface area contributed by atoms with E-state index in [0.29, 0.717) is 23.7 Å². The molecule has 1 atom stereocenters. The third-order valence-electron chi connectivity index (χ3n) is 2.06. The van der Waals surface area contributed by atoms with Crippen molar-refractivity contribution in [3.63, 3.8) is 0 Å². The highest BCUT2D eigenvalue weighted by Gasteiger charge is 2.06. The van der Waals surface area contributed by atoms with E-state index in [1.165, 1.54) is 0 Å². The van der Waals surface area contributed by atoms with Crippen LogP contribution in [0, 0.1) is 0 Å². The smallest absolute Gasteiger partial charge is 0.251 e. The normalized spacial score (nSPS) is 11.9. The molecular weight excluding hydrogens is 238 g/mol. The maximum Gasteiger partial charge on any atom is 0.251 e. The number of amides is 1. The van der Waals surface area contributed by atoms with Crippen LogP contribution in [-0.2, 0) is 10.8 Å². The summed E-state index contributed by atoms with van der Waals surface area (Å²) in [4.78, 5) is 15.8. The van der Waals surface area contributed by atoms with Gasteiger partial charge >= 0.3 is 0 Å². The highest BCUT2D eigenvalue weighted by Crippen LogP contribution is 2.06. The minimum Gasteiger partial charge on any atom is -0.370 e. The van der Waals surface area contributed by atoms with Gasteiger partial charge in [0.05, 0.1) is 0 Å².